The van der Waals surface area contributed by atoms with E-state index in [9.17, 15) is 0 Å². The van der Waals surface area contributed by atoms with Crippen LogP contribution in [0.4, 0.5) is 0 Å². The second-order valence-corrected chi connectivity index (χ2v) is 7.18. The van der Waals surface area contributed by atoms with Gasteiger partial charge in [-0.2, -0.15) is 0 Å². The van der Waals surface area contributed by atoms with E-state index >= 15 is 0 Å². The largest absolute Gasteiger partial charge is 0.0881 e. The molecule has 1 aliphatic rings. The van der Waals surface area contributed by atoms with Gasteiger partial charge in [-0.1, -0.05) is 63.8 Å². The van der Waals surface area contributed by atoms with E-state index in [0.717, 1.165) is 6.42 Å². The van der Waals surface area contributed by atoms with Crippen LogP contribution in [-0.4, -0.2) is 4.83 Å². The number of benzene rings is 1. The van der Waals surface area contributed by atoms with Crippen LogP contribution < -0.4 is 0 Å². The molecule has 16 heavy (non-hydrogen) atoms. The standard InChI is InChI=1S/C14H18Br2/c1-14(7-2-3-8-14)13(16)10-11-5-4-6-12(15)9-11/h4-6,9,13H,2-3,7-8,10H2,1H3. The minimum atomic E-state index is 0.502. The molecular formula is C14H18Br2. The van der Waals surface area contributed by atoms with Gasteiger partial charge in [0, 0.05) is 9.30 Å². The molecule has 0 radical (unpaired) electrons. The Morgan fingerprint density at radius 2 is 2.00 bits per heavy atom. The molecule has 1 aromatic carbocycles. The predicted molar refractivity (Wildman–Crippen MR) is 77.1 cm³/mol. The van der Waals surface area contributed by atoms with Crippen molar-refractivity contribution in [3.8, 4) is 0 Å². The maximum atomic E-state index is 3.91. The summed E-state index contributed by atoms with van der Waals surface area (Å²) in [6.07, 6.45) is 6.68. The van der Waals surface area contributed by atoms with Crippen molar-refractivity contribution in [1.82, 2.24) is 0 Å². The minimum absolute atomic E-state index is 0.502. The van der Waals surface area contributed by atoms with E-state index in [0.29, 0.717) is 10.2 Å². The Hall–Kier alpha value is 0.180. The van der Waals surface area contributed by atoms with Crippen LogP contribution in [0.1, 0.15) is 38.2 Å². The van der Waals surface area contributed by atoms with Crippen molar-refractivity contribution in [3.63, 3.8) is 0 Å². The lowest BCUT2D eigenvalue weighted by Gasteiger charge is -2.30. The van der Waals surface area contributed by atoms with Crippen molar-refractivity contribution in [3.05, 3.63) is 34.3 Å². The van der Waals surface area contributed by atoms with Crippen LogP contribution >= 0.6 is 31.9 Å². The number of rotatable bonds is 3. The molecule has 1 aliphatic carbocycles. The summed E-state index contributed by atoms with van der Waals surface area (Å²) in [5.41, 5.74) is 1.92. The van der Waals surface area contributed by atoms with Gasteiger partial charge in [0.05, 0.1) is 0 Å². The van der Waals surface area contributed by atoms with Crippen LogP contribution in [-0.2, 0) is 6.42 Å². The first-order valence-corrected chi connectivity index (χ1v) is 7.69. The first-order valence-electron chi connectivity index (χ1n) is 5.99. The van der Waals surface area contributed by atoms with Crippen LogP contribution in [0, 0.1) is 5.41 Å². The summed E-state index contributed by atoms with van der Waals surface area (Å²) in [4.78, 5) is 0.608. The maximum Gasteiger partial charge on any atom is 0.0239 e. The molecule has 0 nitrogen and oxygen atoms in total. The molecule has 0 spiro atoms. The third-order valence-corrected chi connectivity index (χ3v) is 5.73. The molecule has 0 heterocycles. The molecule has 0 saturated heterocycles. The fraction of sp³-hybridized carbons (Fsp3) is 0.571. The van der Waals surface area contributed by atoms with E-state index in [1.54, 1.807) is 0 Å². The average molecular weight is 346 g/mol. The summed E-state index contributed by atoms with van der Waals surface area (Å²) in [7, 11) is 0. The summed E-state index contributed by atoms with van der Waals surface area (Å²) >= 11 is 7.44. The van der Waals surface area contributed by atoms with Crippen LogP contribution in [0.15, 0.2) is 28.7 Å². The zero-order valence-electron chi connectivity index (χ0n) is 9.68. The van der Waals surface area contributed by atoms with Crippen molar-refractivity contribution >= 4 is 31.9 Å². The van der Waals surface area contributed by atoms with Gasteiger partial charge in [0.25, 0.3) is 0 Å². The average Bonchev–Trinajstić information content (AvgIpc) is 2.66. The molecule has 0 amide bonds. The van der Waals surface area contributed by atoms with E-state index in [1.165, 1.54) is 35.7 Å². The normalized spacial score (nSPS) is 20.9. The SMILES string of the molecule is CC1(C(Br)Cc2cccc(Br)c2)CCCC1. The highest BCUT2D eigenvalue weighted by Gasteiger charge is 2.35. The lowest BCUT2D eigenvalue weighted by atomic mass is 9.82. The molecule has 0 bridgehead atoms. The Balaban J connectivity index is 2.04. The van der Waals surface area contributed by atoms with Crippen molar-refractivity contribution in [2.24, 2.45) is 5.41 Å². The Bertz CT molecular complexity index is 354. The third-order valence-electron chi connectivity index (χ3n) is 3.81. The summed E-state index contributed by atoms with van der Waals surface area (Å²) in [6, 6.07) is 8.66. The highest BCUT2D eigenvalue weighted by molar-refractivity contribution is 9.10. The Labute approximate surface area is 115 Å². The molecule has 1 unspecified atom stereocenters. The van der Waals surface area contributed by atoms with Gasteiger partial charge in [-0.25, -0.2) is 0 Å². The summed E-state index contributed by atoms with van der Waals surface area (Å²) in [5, 5.41) is 0. The van der Waals surface area contributed by atoms with Crippen LogP contribution in [0.2, 0.25) is 0 Å². The topological polar surface area (TPSA) is 0 Å². The van der Waals surface area contributed by atoms with Gasteiger partial charge in [-0.3, -0.25) is 0 Å². The third kappa shape index (κ3) is 2.89. The fourth-order valence-corrected chi connectivity index (χ4v) is 3.89. The highest BCUT2D eigenvalue weighted by atomic mass is 79.9. The van der Waals surface area contributed by atoms with Gasteiger partial charge in [0.15, 0.2) is 0 Å². The first kappa shape index (κ1) is 12.6. The first-order chi connectivity index (χ1) is 7.60. The molecule has 1 saturated carbocycles. The van der Waals surface area contributed by atoms with Crippen molar-refractivity contribution in [2.45, 2.75) is 43.9 Å². The molecular weight excluding hydrogens is 328 g/mol. The summed E-state index contributed by atoms with van der Waals surface area (Å²) < 4.78 is 1.18. The molecule has 1 atom stereocenters. The number of hydrogen-bond donors (Lipinski definition) is 0. The van der Waals surface area contributed by atoms with Gasteiger partial charge in [0.1, 0.15) is 0 Å². The number of alkyl halides is 1. The molecule has 0 aliphatic heterocycles. The molecule has 2 heteroatoms. The monoisotopic (exact) mass is 344 g/mol. The van der Waals surface area contributed by atoms with Crippen LogP contribution in [0.25, 0.3) is 0 Å². The smallest absolute Gasteiger partial charge is 0.0239 e. The molecule has 2 rings (SSSR count). The maximum absolute atomic E-state index is 3.91. The van der Waals surface area contributed by atoms with Crippen LogP contribution in [0.3, 0.4) is 0 Å². The Morgan fingerprint density at radius 1 is 1.31 bits per heavy atom. The minimum Gasteiger partial charge on any atom is -0.0881 e. The van der Waals surface area contributed by atoms with Gasteiger partial charge in [-0.15, -0.1) is 0 Å². The lowest BCUT2D eigenvalue weighted by Crippen LogP contribution is -2.26. The van der Waals surface area contributed by atoms with E-state index in [2.05, 4.69) is 63.0 Å². The van der Waals surface area contributed by atoms with Crippen molar-refractivity contribution < 1.29 is 0 Å². The lowest BCUT2D eigenvalue weighted by molar-refractivity contribution is 0.325. The molecule has 0 aromatic heterocycles. The van der Waals surface area contributed by atoms with Crippen molar-refractivity contribution in [2.75, 3.05) is 0 Å². The van der Waals surface area contributed by atoms with Gasteiger partial charge < -0.3 is 0 Å². The number of halogens is 2. The second-order valence-electron chi connectivity index (χ2n) is 5.16. The zero-order chi connectivity index (χ0) is 11.6. The van der Waals surface area contributed by atoms with Crippen LogP contribution in [0.5, 0.6) is 0 Å². The van der Waals surface area contributed by atoms with Gasteiger partial charge in [-0.05, 0) is 42.4 Å². The highest BCUT2D eigenvalue weighted by Crippen LogP contribution is 2.44. The van der Waals surface area contributed by atoms with E-state index in [-0.39, 0.29) is 0 Å². The van der Waals surface area contributed by atoms with E-state index in [4.69, 9.17) is 0 Å². The van der Waals surface area contributed by atoms with Gasteiger partial charge in [0.2, 0.25) is 0 Å². The number of hydrogen-bond acceptors (Lipinski definition) is 0. The van der Waals surface area contributed by atoms with E-state index < -0.39 is 0 Å². The molecule has 88 valence electrons. The molecule has 0 N–H and O–H groups in total. The van der Waals surface area contributed by atoms with Gasteiger partial charge >= 0.3 is 0 Å². The fourth-order valence-electron chi connectivity index (χ4n) is 2.61. The van der Waals surface area contributed by atoms with Crippen molar-refractivity contribution in [1.29, 1.82) is 0 Å². The quantitative estimate of drug-likeness (QED) is 0.649. The summed E-state index contributed by atoms with van der Waals surface area (Å²) in [6.45, 7) is 2.43. The predicted octanol–water partition coefficient (Wildman–Crippen LogP) is 5.34. The Kier molecular flexibility index (Phi) is 4.12. The van der Waals surface area contributed by atoms with E-state index in [1.807, 2.05) is 0 Å². The summed E-state index contributed by atoms with van der Waals surface area (Å²) in [5.74, 6) is 0. The second kappa shape index (κ2) is 5.22. The zero-order valence-corrected chi connectivity index (χ0v) is 12.9. The molecule has 1 fully saturated rings. The molecule has 1 aromatic rings. The Morgan fingerprint density at radius 3 is 2.62 bits per heavy atom.